The van der Waals surface area contributed by atoms with Crippen molar-refractivity contribution in [2.75, 3.05) is 26.2 Å². The molecule has 2 aromatic carbocycles. The maximum atomic E-state index is 15.0. The second-order valence-corrected chi connectivity index (χ2v) is 13.0. The van der Waals surface area contributed by atoms with Gasteiger partial charge in [0.2, 0.25) is 5.91 Å². The smallest absolute Gasteiger partial charge is 0.282 e. The lowest BCUT2D eigenvalue weighted by Crippen LogP contribution is -2.44. The van der Waals surface area contributed by atoms with Gasteiger partial charge in [-0.1, -0.05) is 43.3 Å². The van der Waals surface area contributed by atoms with E-state index < -0.39 is 72.8 Å². The number of pyridine rings is 1. The number of piperidine rings is 1. The predicted octanol–water partition coefficient (Wildman–Crippen LogP) is 6.67. The second-order valence-electron chi connectivity index (χ2n) is 13.0. The van der Waals surface area contributed by atoms with Crippen LogP contribution in [0.5, 0.6) is 0 Å². The number of aromatic nitrogens is 1. The number of alkyl halides is 4. The molecule has 2 fully saturated rings. The van der Waals surface area contributed by atoms with E-state index in [9.17, 15) is 27.5 Å². The van der Waals surface area contributed by atoms with E-state index in [4.69, 9.17) is 0 Å². The normalized spacial score (nSPS) is 23.1. The first-order chi connectivity index (χ1) is 23.4. The zero-order chi connectivity index (χ0) is 34.9. The SMILES string of the molecule is C=C1/C(C(F)F)=N\N(CC(=O)N[C@@H](Cc2cc(F)cc(F)c2)c2ncccc2-c2ccc([C@H](O)N3CCCCC3)cc2)CC(F)(F)C2CC12. The molecule has 6 rings (SSSR count). The standard InChI is InChI=1S/C36H37F6N5O2/c1-21-28-18-29(28)36(41,42)20-47(45-32(21)34(39)40)19-31(48)44-30(16-22-14-25(37)17-26(38)15-22)33-27(6-5-11-43-33)23-7-9-24(10-8-23)35(49)46-12-3-2-4-13-46/h5-11,14-15,17,28-30,34-35,49H,1-4,12-13,16,18-20H2,(H,44,48)/b45-32+/t28?,29?,30-,35-/m0/s1. The van der Waals surface area contributed by atoms with E-state index in [1.54, 1.807) is 36.4 Å². The summed E-state index contributed by atoms with van der Waals surface area (Å²) < 4.78 is 86.3. The summed E-state index contributed by atoms with van der Waals surface area (Å²) in [7, 11) is 0. The molecule has 13 heteroatoms. The Bertz CT molecular complexity index is 1690. The average molecular weight is 686 g/mol. The van der Waals surface area contributed by atoms with E-state index in [2.05, 4.69) is 22.0 Å². The van der Waals surface area contributed by atoms with E-state index in [-0.39, 0.29) is 24.0 Å². The quantitative estimate of drug-likeness (QED) is 0.233. The van der Waals surface area contributed by atoms with Crippen molar-refractivity contribution in [3.8, 4) is 11.1 Å². The molecule has 3 aliphatic rings. The van der Waals surface area contributed by atoms with E-state index in [0.29, 0.717) is 33.5 Å². The number of allylic oxidation sites excluding steroid dienone is 1. The Morgan fingerprint density at radius 2 is 1.73 bits per heavy atom. The number of hydrazone groups is 1. The summed E-state index contributed by atoms with van der Waals surface area (Å²) in [4.78, 5) is 20.0. The van der Waals surface area contributed by atoms with Crippen molar-refractivity contribution in [3.63, 3.8) is 0 Å². The molecular weight excluding hydrogens is 648 g/mol. The van der Waals surface area contributed by atoms with Crippen molar-refractivity contribution in [2.24, 2.45) is 16.9 Å². The number of likely N-dealkylation sites (tertiary alicyclic amines) is 1. The molecule has 2 unspecified atom stereocenters. The van der Waals surface area contributed by atoms with Gasteiger partial charge in [-0.15, -0.1) is 0 Å². The third-order valence-corrected chi connectivity index (χ3v) is 9.41. The number of hydrogen-bond donors (Lipinski definition) is 2. The van der Waals surface area contributed by atoms with E-state index in [1.165, 1.54) is 6.20 Å². The summed E-state index contributed by atoms with van der Waals surface area (Å²) in [6.45, 7) is 3.33. The monoisotopic (exact) mass is 685 g/mol. The molecule has 0 spiro atoms. The summed E-state index contributed by atoms with van der Waals surface area (Å²) in [5.74, 6) is -7.77. The molecule has 2 aliphatic heterocycles. The van der Waals surface area contributed by atoms with Gasteiger partial charge in [-0.3, -0.25) is 19.7 Å². The molecule has 2 N–H and O–H groups in total. The summed E-state index contributed by atoms with van der Waals surface area (Å²) in [5, 5.41) is 18.1. The maximum Gasteiger partial charge on any atom is 0.282 e. The first-order valence-corrected chi connectivity index (χ1v) is 16.3. The van der Waals surface area contributed by atoms with Gasteiger partial charge in [0, 0.05) is 36.8 Å². The number of aliphatic hydroxyl groups is 1. The number of fused-ring (bicyclic) bond motifs is 1. The van der Waals surface area contributed by atoms with E-state index in [1.807, 2.05) is 4.90 Å². The van der Waals surface area contributed by atoms with Crippen LogP contribution in [0, 0.1) is 23.5 Å². The predicted molar refractivity (Wildman–Crippen MR) is 172 cm³/mol. The van der Waals surface area contributed by atoms with Crippen LogP contribution in [0.3, 0.4) is 0 Å². The number of benzene rings is 2. The number of amides is 1. The number of carbonyl (C=O) groups is 1. The van der Waals surface area contributed by atoms with Crippen LogP contribution in [-0.2, 0) is 11.2 Å². The topological polar surface area (TPSA) is 81.1 Å². The van der Waals surface area contributed by atoms with Crippen molar-refractivity contribution < 1.29 is 36.2 Å². The van der Waals surface area contributed by atoms with E-state index in [0.717, 1.165) is 44.5 Å². The van der Waals surface area contributed by atoms with Gasteiger partial charge in [-0.25, -0.2) is 26.3 Å². The maximum absolute atomic E-state index is 15.0. The second kappa shape index (κ2) is 14.3. The summed E-state index contributed by atoms with van der Waals surface area (Å²) >= 11 is 0. The molecule has 4 atom stereocenters. The largest absolute Gasteiger partial charge is 0.374 e. The van der Waals surface area contributed by atoms with Crippen LogP contribution in [0.25, 0.3) is 11.1 Å². The van der Waals surface area contributed by atoms with Gasteiger partial charge in [0.25, 0.3) is 12.3 Å². The number of nitrogens with one attached hydrogen (secondary N) is 1. The Hall–Kier alpha value is -4.23. The summed E-state index contributed by atoms with van der Waals surface area (Å²) in [6.07, 6.45) is 0.628. The summed E-state index contributed by atoms with van der Waals surface area (Å²) in [6, 6.07) is 12.5. The zero-order valence-electron chi connectivity index (χ0n) is 26.6. The molecule has 49 heavy (non-hydrogen) atoms. The van der Waals surface area contributed by atoms with Crippen molar-refractivity contribution in [1.29, 1.82) is 0 Å². The van der Waals surface area contributed by atoms with Gasteiger partial charge in [0.05, 0.1) is 11.7 Å². The lowest BCUT2D eigenvalue weighted by Gasteiger charge is -2.31. The van der Waals surface area contributed by atoms with Crippen LogP contribution < -0.4 is 5.32 Å². The first-order valence-electron chi connectivity index (χ1n) is 16.3. The average Bonchev–Trinajstić information content (AvgIpc) is 3.88. The highest BCUT2D eigenvalue weighted by molar-refractivity contribution is 6.03. The highest BCUT2D eigenvalue weighted by Gasteiger charge is 2.58. The molecule has 0 bridgehead atoms. The molecular formula is C36H37F6N5O2. The summed E-state index contributed by atoms with van der Waals surface area (Å²) in [5.41, 5.74) is 1.54. The van der Waals surface area contributed by atoms with Crippen LogP contribution in [0.1, 0.15) is 54.8 Å². The van der Waals surface area contributed by atoms with Gasteiger partial charge in [-0.2, -0.15) is 5.10 Å². The molecule has 7 nitrogen and oxygen atoms in total. The molecule has 1 saturated heterocycles. The minimum absolute atomic E-state index is 0.00449. The van der Waals surface area contributed by atoms with Crippen molar-refractivity contribution >= 4 is 11.6 Å². The fourth-order valence-corrected chi connectivity index (χ4v) is 6.86. The van der Waals surface area contributed by atoms with Crippen LogP contribution in [0.4, 0.5) is 26.3 Å². The Labute approximate surface area is 280 Å². The van der Waals surface area contributed by atoms with Gasteiger partial charge in [0.1, 0.15) is 36.7 Å². The van der Waals surface area contributed by atoms with Crippen LogP contribution in [-0.4, -0.2) is 70.1 Å². The third kappa shape index (κ3) is 7.99. The lowest BCUT2D eigenvalue weighted by molar-refractivity contribution is -0.125. The highest BCUT2D eigenvalue weighted by atomic mass is 19.3. The Morgan fingerprint density at radius 3 is 2.41 bits per heavy atom. The molecule has 260 valence electrons. The van der Waals surface area contributed by atoms with Crippen molar-refractivity contribution in [2.45, 2.75) is 56.7 Å². The molecule has 0 radical (unpaired) electrons. The Kier molecular flexibility index (Phi) is 10.1. The minimum atomic E-state index is -3.30. The lowest BCUT2D eigenvalue weighted by atomic mass is 9.94. The zero-order valence-corrected chi connectivity index (χ0v) is 26.6. The number of halogens is 6. The fourth-order valence-electron chi connectivity index (χ4n) is 6.86. The Balaban J connectivity index is 1.29. The van der Waals surface area contributed by atoms with Crippen molar-refractivity contribution in [3.05, 3.63) is 101 Å². The molecule has 1 saturated carbocycles. The van der Waals surface area contributed by atoms with Crippen LogP contribution in [0.2, 0.25) is 0 Å². The molecule has 1 amide bonds. The number of hydrogen-bond acceptors (Lipinski definition) is 6. The molecule has 3 heterocycles. The number of rotatable bonds is 10. The molecule has 3 aromatic rings. The number of nitrogens with zero attached hydrogens (tertiary/aromatic N) is 4. The van der Waals surface area contributed by atoms with Gasteiger partial charge < -0.3 is 10.4 Å². The first kappa shape index (κ1) is 34.6. The molecule has 1 aromatic heterocycles. The third-order valence-electron chi connectivity index (χ3n) is 9.41. The number of aliphatic hydroxyl groups excluding tert-OH is 1. The van der Waals surface area contributed by atoms with Crippen molar-refractivity contribution in [1.82, 2.24) is 20.2 Å². The minimum Gasteiger partial charge on any atom is -0.374 e. The van der Waals surface area contributed by atoms with Gasteiger partial charge in [0.15, 0.2) is 0 Å². The van der Waals surface area contributed by atoms with Crippen LogP contribution in [0.15, 0.2) is 78.0 Å². The number of carbonyl (C=O) groups excluding carboxylic acids is 1. The van der Waals surface area contributed by atoms with Crippen LogP contribution >= 0.6 is 0 Å². The van der Waals surface area contributed by atoms with Gasteiger partial charge >= 0.3 is 0 Å². The highest BCUT2D eigenvalue weighted by Crippen LogP contribution is 2.54. The molecule has 1 aliphatic carbocycles. The van der Waals surface area contributed by atoms with Gasteiger partial charge in [-0.05, 0) is 72.1 Å². The fraction of sp³-hybridized carbons (Fsp3) is 0.417. The van der Waals surface area contributed by atoms with E-state index >= 15 is 8.78 Å². The Morgan fingerprint density at radius 1 is 1.04 bits per heavy atom.